The number of nitrogens with one attached hydrogen (secondary N) is 1. The zero-order valence-corrected chi connectivity index (χ0v) is 6.97. The second-order valence-electron chi connectivity index (χ2n) is 3.25. The van der Waals surface area contributed by atoms with Gasteiger partial charge in [0.25, 0.3) is 0 Å². The van der Waals surface area contributed by atoms with Crippen LogP contribution in [0.3, 0.4) is 0 Å². The van der Waals surface area contributed by atoms with E-state index in [0.717, 1.165) is 19.3 Å². The smallest absolute Gasteiger partial charge is 0.220 e. The Morgan fingerprint density at radius 3 is 2.73 bits per heavy atom. The number of carbonyl (C=O) groups is 1. The van der Waals surface area contributed by atoms with Crippen molar-refractivity contribution < 1.29 is 4.79 Å². The van der Waals surface area contributed by atoms with Crippen molar-refractivity contribution in [2.75, 3.05) is 0 Å². The Labute approximate surface area is 67.3 Å². The maximum Gasteiger partial charge on any atom is 0.220 e. The molecule has 1 fully saturated rings. The van der Waals surface area contributed by atoms with Crippen molar-refractivity contribution in [2.24, 2.45) is 5.73 Å². The van der Waals surface area contributed by atoms with Gasteiger partial charge in [0.05, 0.1) is 0 Å². The lowest BCUT2D eigenvalue weighted by atomic mass is 9.87. The van der Waals surface area contributed by atoms with Crippen LogP contribution in [-0.2, 0) is 4.79 Å². The minimum absolute atomic E-state index is 0.171. The molecule has 1 saturated carbocycles. The molecule has 0 aromatic carbocycles. The van der Waals surface area contributed by atoms with Crippen LogP contribution in [0.4, 0.5) is 0 Å². The van der Waals surface area contributed by atoms with Crippen molar-refractivity contribution in [3.05, 3.63) is 0 Å². The molecule has 1 aliphatic rings. The fourth-order valence-corrected chi connectivity index (χ4v) is 1.31. The highest BCUT2D eigenvalue weighted by Crippen LogP contribution is 2.17. The molecule has 0 aromatic rings. The fourth-order valence-electron chi connectivity index (χ4n) is 1.31. The summed E-state index contributed by atoms with van der Waals surface area (Å²) in [6.07, 6.45) is 3.47. The first-order chi connectivity index (χ1) is 5.22. The Hall–Kier alpha value is -0.570. The van der Waals surface area contributed by atoms with Gasteiger partial charge in [-0.3, -0.25) is 4.79 Å². The molecule has 3 heteroatoms. The molecule has 1 aliphatic carbocycles. The number of amides is 1. The van der Waals surface area contributed by atoms with Gasteiger partial charge in [-0.25, -0.2) is 0 Å². The van der Waals surface area contributed by atoms with Gasteiger partial charge < -0.3 is 11.1 Å². The third-order valence-electron chi connectivity index (χ3n) is 2.02. The molecule has 0 unspecified atom stereocenters. The van der Waals surface area contributed by atoms with Crippen molar-refractivity contribution in [2.45, 2.75) is 44.7 Å². The van der Waals surface area contributed by atoms with E-state index < -0.39 is 0 Å². The van der Waals surface area contributed by atoms with Crippen LogP contribution in [0.2, 0.25) is 0 Å². The maximum absolute atomic E-state index is 11.0. The Bertz CT molecular complexity index is 141. The van der Waals surface area contributed by atoms with Gasteiger partial charge in [0.2, 0.25) is 5.91 Å². The summed E-state index contributed by atoms with van der Waals surface area (Å²) in [7, 11) is 0. The van der Waals surface area contributed by atoms with Gasteiger partial charge in [0.15, 0.2) is 0 Å². The lowest BCUT2D eigenvalue weighted by Crippen LogP contribution is -2.50. The summed E-state index contributed by atoms with van der Waals surface area (Å²) >= 11 is 0. The predicted octanol–water partition coefficient (Wildman–Crippen LogP) is 0.392. The lowest BCUT2D eigenvalue weighted by molar-refractivity contribution is -0.122. The van der Waals surface area contributed by atoms with Gasteiger partial charge >= 0.3 is 0 Å². The van der Waals surface area contributed by atoms with Gasteiger partial charge in [-0.1, -0.05) is 6.92 Å². The van der Waals surface area contributed by atoms with Crippen molar-refractivity contribution in [1.29, 1.82) is 0 Å². The Morgan fingerprint density at radius 1 is 1.64 bits per heavy atom. The van der Waals surface area contributed by atoms with Gasteiger partial charge in [-0.15, -0.1) is 0 Å². The summed E-state index contributed by atoms with van der Waals surface area (Å²) < 4.78 is 0. The minimum atomic E-state index is 0.171. The fraction of sp³-hybridized carbons (Fsp3) is 0.875. The average Bonchev–Trinajstić information content (AvgIpc) is 1.85. The molecule has 0 saturated heterocycles. The van der Waals surface area contributed by atoms with E-state index in [1.54, 1.807) is 0 Å². The van der Waals surface area contributed by atoms with Gasteiger partial charge in [0.1, 0.15) is 0 Å². The highest BCUT2D eigenvalue weighted by atomic mass is 16.1. The van der Waals surface area contributed by atoms with Crippen LogP contribution in [0.25, 0.3) is 0 Å². The Morgan fingerprint density at radius 2 is 2.27 bits per heavy atom. The van der Waals surface area contributed by atoms with Crippen LogP contribution in [0.15, 0.2) is 0 Å². The van der Waals surface area contributed by atoms with Crippen LogP contribution in [0.5, 0.6) is 0 Å². The maximum atomic E-state index is 11.0. The Kier molecular flexibility index (Phi) is 2.88. The number of hydrogen-bond donors (Lipinski definition) is 2. The van der Waals surface area contributed by atoms with Crippen molar-refractivity contribution >= 4 is 5.91 Å². The van der Waals surface area contributed by atoms with E-state index in [1.807, 2.05) is 6.92 Å². The van der Waals surface area contributed by atoms with E-state index in [-0.39, 0.29) is 5.91 Å². The van der Waals surface area contributed by atoms with Crippen molar-refractivity contribution in [1.82, 2.24) is 5.32 Å². The molecule has 1 rings (SSSR count). The number of carbonyl (C=O) groups excluding carboxylic acids is 1. The molecule has 0 spiro atoms. The highest BCUT2D eigenvalue weighted by Gasteiger charge is 2.26. The van der Waals surface area contributed by atoms with Crippen molar-refractivity contribution in [3.63, 3.8) is 0 Å². The number of hydrogen-bond acceptors (Lipinski definition) is 2. The summed E-state index contributed by atoms with van der Waals surface area (Å²) in [5.41, 5.74) is 5.57. The largest absolute Gasteiger partial charge is 0.353 e. The van der Waals surface area contributed by atoms with E-state index >= 15 is 0 Å². The molecule has 0 radical (unpaired) electrons. The van der Waals surface area contributed by atoms with Gasteiger partial charge in [-0.2, -0.15) is 0 Å². The van der Waals surface area contributed by atoms with Crippen LogP contribution in [-0.4, -0.2) is 18.0 Å². The van der Waals surface area contributed by atoms with Gasteiger partial charge in [-0.05, 0) is 19.3 Å². The number of nitrogens with two attached hydrogens (primary N) is 1. The van der Waals surface area contributed by atoms with E-state index in [4.69, 9.17) is 5.73 Å². The van der Waals surface area contributed by atoms with Crippen LogP contribution in [0, 0.1) is 0 Å². The summed E-state index contributed by atoms with van der Waals surface area (Å²) in [5.74, 6) is 0.171. The first-order valence-corrected chi connectivity index (χ1v) is 4.27. The second-order valence-corrected chi connectivity index (χ2v) is 3.25. The topological polar surface area (TPSA) is 55.1 Å². The molecular weight excluding hydrogens is 140 g/mol. The zero-order valence-electron chi connectivity index (χ0n) is 6.97. The van der Waals surface area contributed by atoms with E-state index in [0.29, 0.717) is 18.5 Å². The highest BCUT2D eigenvalue weighted by molar-refractivity contribution is 5.76. The molecule has 0 bridgehead atoms. The molecule has 3 nitrogen and oxygen atoms in total. The third-order valence-corrected chi connectivity index (χ3v) is 2.02. The molecule has 3 N–H and O–H groups in total. The summed E-state index contributed by atoms with van der Waals surface area (Å²) in [6.45, 7) is 2.01. The molecule has 1 amide bonds. The first-order valence-electron chi connectivity index (χ1n) is 4.27. The third kappa shape index (κ3) is 2.50. The van der Waals surface area contributed by atoms with Crippen LogP contribution < -0.4 is 11.1 Å². The SMILES string of the molecule is CCCC(=O)NC1CC(N)C1. The summed E-state index contributed by atoms with van der Waals surface area (Å²) in [5, 5.41) is 2.93. The molecule has 0 atom stereocenters. The lowest BCUT2D eigenvalue weighted by Gasteiger charge is -2.32. The Balaban J connectivity index is 2.07. The van der Waals surface area contributed by atoms with Crippen LogP contribution in [0.1, 0.15) is 32.6 Å². The summed E-state index contributed by atoms with van der Waals surface area (Å²) in [6, 6.07) is 0.686. The van der Waals surface area contributed by atoms with E-state index in [1.165, 1.54) is 0 Å². The normalized spacial score (nSPS) is 29.3. The van der Waals surface area contributed by atoms with E-state index in [2.05, 4.69) is 5.32 Å². The monoisotopic (exact) mass is 156 g/mol. The molecule has 0 aromatic heterocycles. The molecule has 64 valence electrons. The predicted molar refractivity (Wildman–Crippen MR) is 44.0 cm³/mol. The molecule has 0 aliphatic heterocycles. The molecule has 0 heterocycles. The second kappa shape index (κ2) is 3.72. The minimum Gasteiger partial charge on any atom is -0.353 e. The molecule has 11 heavy (non-hydrogen) atoms. The standard InChI is InChI=1S/C8H16N2O/c1-2-3-8(11)10-7-4-6(9)5-7/h6-7H,2-5,9H2,1H3,(H,10,11). The van der Waals surface area contributed by atoms with Crippen molar-refractivity contribution in [3.8, 4) is 0 Å². The summed E-state index contributed by atoms with van der Waals surface area (Å²) in [4.78, 5) is 11.0. The van der Waals surface area contributed by atoms with E-state index in [9.17, 15) is 4.79 Å². The first kappa shape index (κ1) is 8.53. The zero-order chi connectivity index (χ0) is 8.27. The van der Waals surface area contributed by atoms with Gasteiger partial charge in [0, 0.05) is 18.5 Å². The average molecular weight is 156 g/mol. The molecular formula is C8H16N2O. The number of rotatable bonds is 3. The van der Waals surface area contributed by atoms with Crippen LogP contribution >= 0.6 is 0 Å². The quantitative estimate of drug-likeness (QED) is 0.621.